The van der Waals surface area contributed by atoms with Gasteiger partial charge in [0.2, 0.25) is 0 Å². The summed E-state index contributed by atoms with van der Waals surface area (Å²) in [6, 6.07) is 6.00. The smallest absolute Gasteiger partial charge is 0.263 e. The zero-order valence-corrected chi connectivity index (χ0v) is 11.6. The van der Waals surface area contributed by atoms with Crippen LogP contribution in [0.2, 0.25) is 0 Å². The number of anilines is 1. The van der Waals surface area contributed by atoms with Gasteiger partial charge in [0.1, 0.15) is 5.82 Å². The van der Waals surface area contributed by atoms with Crippen LogP contribution in [-0.4, -0.2) is 9.97 Å². The average molecular weight is 361 g/mol. The molecule has 3 nitrogen and oxygen atoms in total. The van der Waals surface area contributed by atoms with E-state index in [1.165, 1.54) is 12.1 Å². The molecule has 2 aromatic rings. The van der Waals surface area contributed by atoms with Crippen molar-refractivity contribution in [1.82, 2.24) is 9.97 Å². The minimum atomic E-state index is -2.51. The highest BCUT2D eigenvalue weighted by Crippen LogP contribution is 2.25. The highest BCUT2D eigenvalue weighted by molar-refractivity contribution is 14.1. The number of rotatable bonds is 2. The van der Waals surface area contributed by atoms with E-state index >= 15 is 0 Å². The Morgan fingerprint density at radius 1 is 1.28 bits per heavy atom. The first kappa shape index (κ1) is 13.1. The number of nitrogen functional groups attached to an aromatic ring is 1. The lowest BCUT2D eigenvalue weighted by atomic mass is 10.1. The largest absolute Gasteiger partial charge is 0.383 e. The summed E-state index contributed by atoms with van der Waals surface area (Å²) in [7, 11) is 0. The van der Waals surface area contributed by atoms with Crippen molar-refractivity contribution in [3.63, 3.8) is 0 Å². The number of nitrogens with zero attached hydrogens (tertiary/aromatic N) is 2. The molecule has 1 aromatic heterocycles. The molecule has 0 saturated carbocycles. The first-order valence-electron chi connectivity index (χ1n) is 5.17. The molecule has 6 heteroatoms. The normalized spacial score (nSPS) is 10.9. The fraction of sp³-hybridized carbons (Fsp3) is 0.167. The zero-order chi connectivity index (χ0) is 13.3. The van der Waals surface area contributed by atoms with Crippen molar-refractivity contribution in [3.05, 3.63) is 39.1 Å². The van der Waals surface area contributed by atoms with E-state index in [1.807, 2.05) is 0 Å². The van der Waals surface area contributed by atoms with E-state index < -0.39 is 6.43 Å². The summed E-state index contributed by atoms with van der Waals surface area (Å²) >= 11 is 2.05. The van der Waals surface area contributed by atoms with Crippen molar-refractivity contribution in [1.29, 1.82) is 0 Å². The molecule has 94 valence electrons. The van der Waals surface area contributed by atoms with E-state index in [0.717, 1.165) is 9.26 Å². The lowest BCUT2D eigenvalue weighted by molar-refractivity contribution is 0.151. The van der Waals surface area contributed by atoms with Crippen molar-refractivity contribution in [2.45, 2.75) is 13.3 Å². The van der Waals surface area contributed by atoms with Gasteiger partial charge in [0.15, 0.2) is 5.82 Å². The molecule has 0 aliphatic rings. The average Bonchev–Trinajstić information content (AvgIpc) is 2.35. The molecule has 0 aliphatic carbocycles. The molecule has 0 radical (unpaired) electrons. The lowest BCUT2D eigenvalue weighted by Crippen LogP contribution is -2.02. The van der Waals surface area contributed by atoms with E-state index in [4.69, 9.17) is 5.73 Å². The molecular formula is C12H10F2IN3. The molecular weight excluding hydrogens is 351 g/mol. The second kappa shape index (κ2) is 5.13. The molecule has 0 amide bonds. The monoisotopic (exact) mass is 361 g/mol. The van der Waals surface area contributed by atoms with Crippen LogP contribution >= 0.6 is 22.6 Å². The van der Waals surface area contributed by atoms with Crippen LogP contribution < -0.4 is 5.73 Å². The van der Waals surface area contributed by atoms with Crippen LogP contribution in [0, 0.1) is 10.5 Å². The first-order valence-corrected chi connectivity index (χ1v) is 6.25. The topological polar surface area (TPSA) is 51.8 Å². The van der Waals surface area contributed by atoms with Gasteiger partial charge >= 0.3 is 0 Å². The summed E-state index contributed by atoms with van der Waals surface area (Å²) in [4.78, 5) is 8.38. The zero-order valence-electron chi connectivity index (χ0n) is 9.49. The van der Waals surface area contributed by atoms with Gasteiger partial charge in [-0.3, -0.25) is 0 Å². The predicted octanol–water partition coefficient (Wildman–Crippen LogP) is 3.58. The summed E-state index contributed by atoms with van der Waals surface area (Å²) in [6.07, 6.45) is -2.51. The van der Waals surface area contributed by atoms with Gasteiger partial charge < -0.3 is 5.73 Å². The van der Waals surface area contributed by atoms with Gasteiger partial charge in [0.05, 0.1) is 9.26 Å². The molecule has 18 heavy (non-hydrogen) atoms. The molecule has 2 rings (SSSR count). The third-order valence-corrected chi connectivity index (χ3v) is 3.77. The quantitative estimate of drug-likeness (QED) is 0.832. The van der Waals surface area contributed by atoms with Crippen LogP contribution in [0.4, 0.5) is 14.6 Å². The Kier molecular flexibility index (Phi) is 3.74. The molecule has 0 unspecified atom stereocenters. The number of halogens is 3. The van der Waals surface area contributed by atoms with E-state index in [2.05, 4.69) is 32.6 Å². The van der Waals surface area contributed by atoms with Crippen LogP contribution in [0.1, 0.15) is 17.7 Å². The number of nitrogens with two attached hydrogens (primary N) is 1. The third-order valence-electron chi connectivity index (χ3n) is 2.44. The van der Waals surface area contributed by atoms with Gasteiger partial charge in [-0.05, 0) is 35.6 Å². The van der Waals surface area contributed by atoms with Gasteiger partial charge in [-0.2, -0.15) is 0 Å². The molecule has 1 heterocycles. The highest BCUT2D eigenvalue weighted by Gasteiger charge is 2.11. The summed E-state index contributed by atoms with van der Waals surface area (Å²) in [6.45, 7) is 1.81. The van der Waals surface area contributed by atoms with Gasteiger partial charge in [-0.1, -0.05) is 18.2 Å². The van der Waals surface area contributed by atoms with Crippen molar-refractivity contribution >= 4 is 28.4 Å². The van der Waals surface area contributed by atoms with Gasteiger partial charge in [0.25, 0.3) is 6.43 Å². The van der Waals surface area contributed by atoms with E-state index in [1.54, 1.807) is 19.1 Å². The Bertz CT molecular complexity index is 564. The molecule has 0 aliphatic heterocycles. The van der Waals surface area contributed by atoms with E-state index in [9.17, 15) is 8.78 Å². The summed E-state index contributed by atoms with van der Waals surface area (Å²) in [5.41, 5.74) is 6.98. The molecule has 0 fully saturated rings. The van der Waals surface area contributed by atoms with E-state index in [-0.39, 0.29) is 5.56 Å². The molecule has 2 N–H and O–H groups in total. The minimum absolute atomic E-state index is 0.0501. The predicted molar refractivity (Wildman–Crippen MR) is 74.3 cm³/mol. The first-order chi connectivity index (χ1) is 8.49. The molecule has 1 aromatic carbocycles. The van der Waals surface area contributed by atoms with Crippen LogP contribution in [-0.2, 0) is 0 Å². The standard InChI is InChI=1S/C12H10F2IN3/c1-6-9(15)11(16)18-12(17-6)8-4-2-3-7(5-8)10(13)14/h2-5,10H,1H3,(H2,16,17,18). The second-order valence-corrected chi connectivity index (χ2v) is 4.84. The Hall–Kier alpha value is -1.31. The maximum Gasteiger partial charge on any atom is 0.263 e. The number of hydrogen-bond donors (Lipinski definition) is 1. The van der Waals surface area contributed by atoms with Crippen LogP contribution in [0.5, 0.6) is 0 Å². The highest BCUT2D eigenvalue weighted by atomic mass is 127. The maximum absolute atomic E-state index is 12.6. The summed E-state index contributed by atoms with van der Waals surface area (Å²) in [5.74, 6) is 0.730. The van der Waals surface area contributed by atoms with Crippen molar-refractivity contribution in [3.8, 4) is 11.4 Å². The lowest BCUT2D eigenvalue weighted by Gasteiger charge is -2.07. The Morgan fingerprint density at radius 3 is 2.61 bits per heavy atom. The molecule has 0 saturated heterocycles. The number of alkyl halides is 2. The number of benzene rings is 1. The van der Waals surface area contributed by atoms with Gasteiger partial charge in [0, 0.05) is 11.1 Å². The number of aryl methyl sites for hydroxylation is 1. The Morgan fingerprint density at radius 2 is 2.00 bits per heavy atom. The molecule has 0 atom stereocenters. The maximum atomic E-state index is 12.6. The second-order valence-electron chi connectivity index (χ2n) is 3.76. The Labute approximate surface area is 117 Å². The SMILES string of the molecule is Cc1nc(-c2cccc(C(F)F)c2)nc(N)c1I. The molecule has 0 spiro atoms. The van der Waals surface area contributed by atoms with Gasteiger partial charge in [-0.15, -0.1) is 0 Å². The van der Waals surface area contributed by atoms with Crippen LogP contribution in [0.15, 0.2) is 24.3 Å². The van der Waals surface area contributed by atoms with Crippen molar-refractivity contribution in [2.24, 2.45) is 0 Å². The summed E-state index contributed by atoms with van der Waals surface area (Å²) < 4.78 is 26.0. The van der Waals surface area contributed by atoms with Gasteiger partial charge in [-0.25, -0.2) is 18.7 Å². The minimum Gasteiger partial charge on any atom is -0.383 e. The van der Waals surface area contributed by atoms with E-state index in [0.29, 0.717) is 17.2 Å². The third kappa shape index (κ3) is 2.58. The van der Waals surface area contributed by atoms with Crippen LogP contribution in [0.3, 0.4) is 0 Å². The number of aromatic nitrogens is 2. The summed E-state index contributed by atoms with van der Waals surface area (Å²) in [5, 5.41) is 0. The molecule has 0 bridgehead atoms. The Balaban J connectivity index is 2.52. The van der Waals surface area contributed by atoms with Crippen molar-refractivity contribution in [2.75, 3.05) is 5.73 Å². The fourth-order valence-corrected chi connectivity index (χ4v) is 1.77. The van der Waals surface area contributed by atoms with Crippen molar-refractivity contribution < 1.29 is 8.78 Å². The fourth-order valence-electron chi connectivity index (χ4n) is 1.52. The van der Waals surface area contributed by atoms with Crippen LogP contribution in [0.25, 0.3) is 11.4 Å². The number of hydrogen-bond acceptors (Lipinski definition) is 3.